The Morgan fingerprint density at radius 2 is 1.90 bits per heavy atom. The number of nitrogens with one attached hydrogen (secondary N) is 2. The van der Waals surface area contributed by atoms with Gasteiger partial charge in [0, 0.05) is 36.7 Å². The number of amides is 1. The third-order valence-electron chi connectivity index (χ3n) is 4.79. The van der Waals surface area contributed by atoms with Gasteiger partial charge in [-0.2, -0.15) is 0 Å². The van der Waals surface area contributed by atoms with Gasteiger partial charge in [-0.25, -0.2) is 9.87 Å². The smallest absolute Gasteiger partial charge is 0.303 e. The van der Waals surface area contributed by atoms with Crippen LogP contribution in [0.25, 0.3) is 17.0 Å². The van der Waals surface area contributed by atoms with Gasteiger partial charge in [0.15, 0.2) is 5.83 Å². The summed E-state index contributed by atoms with van der Waals surface area (Å²) < 4.78 is 13.5. The largest absolute Gasteiger partial charge is 0.395 e. The molecule has 7 heteroatoms. The molecule has 1 heterocycles. The molecule has 0 atom stereocenters. The second-order valence-electron chi connectivity index (χ2n) is 6.78. The quantitative estimate of drug-likeness (QED) is 0.254. The molecule has 29 heavy (non-hydrogen) atoms. The van der Waals surface area contributed by atoms with E-state index in [4.69, 9.17) is 5.21 Å². The van der Waals surface area contributed by atoms with E-state index in [9.17, 15) is 14.3 Å². The lowest BCUT2D eigenvalue weighted by Gasteiger charge is -2.21. The Bertz CT molecular complexity index is 982. The molecule has 0 aliphatic carbocycles. The van der Waals surface area contributed by atoms with Crippen molar-refractivity contribution >= 4 is 22.9 Å². The molecule has 6 nitrogen and oxygen atoms in total. The van der Waals surface area contributed by atoms with Crippen molar-refractivity contribution in [1.29, 1.82) is 0 Å². The second-order valence-corrected chi connectivity index (χ2v) is 6.78. The highest BCUT2D eigenvalue weighted by molar-refractivity contribution is 5.94. The number of aliphatic hydroxyl groups is 1. The zero-order valence-electron chi connectivity index (χ0n) is 15.9. The van der Waals surface area contributed by atoms with Gasteiger partial charge in [0.1, 0.15) is 0 Å². The number of para-hydroxylation sites is 1. The molecule has 0 spiro atoms. The zero-order valence-corrected chi connectivity index (χ0v) is 15.9. The molecule has 0 saturated carbocycles. The summed E-state index contributed by atoms with van der Waals surface area (Å²) in [4.78, 5) is 16.5. The maximum Gasteiger partial charge on any atom is 0.303 e. The molecule has 1 amide bonds. The Hall–Kier alpha value is -3.00. The highest BCUT2D eigenvalue weighted by Crippen LogP contribution is 2.19. The SMILES string of the molecule is O=C(NO)C(F)=Cc1ccc(CN(CCO)CCc2c[nH]c3ccccc23)cc1. The van der Waals surface area contributed by atoms with E-state index < -0.39 is 11.7 Å². The predicted molar refractivity (Wildman–Crippen MR) is 110 cm³/mol. The van der Waals surface area contributed by atoms with Gasteiger partial charge in [-0.05, 0) is 35.3 Å². The van der Waals surface area contributed by atoms with Gasteiger partial charge < -0.3 is 10.1 Å². The number of hydrogen-bond acceptors (Lipinski definition) is 4. The monoisotopic (exact) mass is 397 g/mol. The van der Waals surface area contributed by atoms with Crippen LogP contribution in [0, 0.1) is 0 Å². The van der Waals surface area contributed by atoms with Crippen molar-refractivity contribution < 1.29 is 19.5 Å². The highest BCUT2D eigenvalue weighted by atomic mass is 19.1. The first kappa shape index (κ1) is 20.7. The van der Waals surface area contributed by atoms with Crippen LogP contribution in [0.2, 0.25) is 0 Å². The van der Waals surface area contributed by atoms with E-state index >= 15 is 0 Å². The second kappa shape index (κ2) is 9.97. The van der Waals surface area contributed by atoms with Gasteiger partial charge in [-0.15, -0.1) is 0 Å². The summed E-state index contributed by atoms with van der Waals surface area (Å²) in [6.07, 6.45) is 3.93. The number of carbonyl (C=O) groups is 1. The zero-order chi connectivity index (χ0) is 20.6. The van der Waals surface area contributed by atoms with Crippen LogP contribution in [0.4, 0.5) is 4.39 Å². The van der Waals surface area contributed by atoms with E-state index in [1.54, 1.807) is 12.1 Å². The van der Waals surface area contributed by atoms with E-state index in [0.717, 1.165) is 30.1 Å². The van der Waals surface area contributed by atoms with Crippen molar-refractivity contribution in [1.82, 2.24) is 15.4 Å². The molecule has 0 unspecified atom stereocenters. The van der Waals surface area contributed by atoms with Gasteiger partial charge in [-0.3, -0.25) is 14.9 Å². The van der Waals surface area contributed by atoms with Crippen LogP contribution in [-0.4, -0.2) is 45.8 Å². The van der Waals surface area contributed by atoms with E-state index in [-0.39, 0.29) is 6.61 Å². The van der Waals surface area contributed by atoms with Crippen molar-refractivity contribution in [3.63, 3.8) is 0 Å². The van der Waals surface area contributed by atoms with Crippen LogP contribution in [0.5, 0.6) is 0 Å². The number of hydrogen-bond donors (Lipinski definition) is 4. The number of hydroxylamine groups is 1. The highest BCUT2D eigenvalue weighted by Gasteiger charge is 2.10. The van der Waals surface area contributed by atoms with Gasteiger partial charge in [-0.1, -0.05) is 42.5 Å². The molecule has 0 aliphatic heterocycles. The molecule has 2 aromatic carbocycles. The summed E-state index contributed by atoms with van der Waals surface area (Å²) in [5.74, 6) is -2.25. The number of halogens is 1. The van der Waals surface area contributed by atoms with Crippen molar-refractivity contribution in [3.05, 3.63) is 77.2 Å². The third-order valence-corrected chi connectivity index (χ3v) is 4.79. The molecule has 0 radical (unpaired) electrons. The number of H-pyrrole nitrogens is 1. The first-order valence-corrected chi connectivity index (χ1v) is 9.39. The maximum atomic E-state index is 13.5. The summed E-state index contributed by atoms with van der Waals surface area (Å²) in [5, 5.41) is 19.1. The molecule has 3 aromatic rings. The minimum absolute atomic E-state index is 0.0657. The fourth-order valence-electron chi connectivity index (χ4n) is 3.27. The summed E-state index contributed by atoms with van der Waals surface area (Å²) >= 11 is 0. The van der Waals surface area contributed by atoms with Crippen LogP contribution >= 0.6 is 0 Å². The van der Waals surface area contributed by atoms with Crippen LogP contribution < -0.4 is 5.48 Å². The minimum atomic E-state index is -1.18. The van der Waals surface area contributed by atoms with Gasteiger partial charge in [0.05, 0.1) is 6.61 Å². The number of aromatic nitrogens is 1. The summed E-state index contributed by atoms with van der Waals surface area (Å²) in [5.41, 5.74) is 5.14. The topological polar surface area (TPSA) is 88.6 Å². The molecular weight excluding hydrogens is 373 g/mol. The van der Waals surface area contributed by atoms with Crippen molar-refractivity contribution in [2.75, 3.05) is 19.7 Å². The summed E-state index contributed by atoms with van der Waals surface area (Å²) in [6.45, 7) is 2.05. The average molecular weight is 397 g/mol. The first-order valence-electron chi connectivity index (χ1n) is 9.39. The van der Waals surface area contributed by atoms with E-state index in [1.165, 1.54) is 16.4 Å². The lowest BCUT2D eigenvalue weighted by Crippen LogP contribution is -2.28. The van der Waals surface area contributed by atoms with Crippen LogP contribution in [0.1, 0.15) is 16.7 Å². The molecule has 0 bridgehead atoms. The Morgan fingerprint density at radius 1 is 1.14 bits per heavy atom. The van der Waals surface area contributed by atoms with E-state index in [1.807, 2.05) is 36.5 Å². The fraction of sp³-hybridized carbons (Fsp3) is 0.227. The van der Waals surface area contributed by atoms with Gasteiger partial charge in [0.2, 0.25) is 0 Å². The molecule has 4 N–H and O–H groups in total. The van der Waals surface area contributed by atoms with Gasteiger partial charge >= 0.3 is 5.91 Å². The Kier molecular flexibility index (Phi) is 7.13. The van der Waals surface area contributed by atoms with Crippen LogP contribution in [0.3, 0.4) is 0 Å². The number of aromatic amines is 1. The first-order chi connectivity index (χ1) is 14.1. The molecule has 1 aromatic heterocycles. The molecular formula is C22H24FN3O3. The van der Waals surface area contributed by atoms with E-state index in [0.29, 0.717) is 18.7 Å². The Morgan fingerprint density at radius 3 is 2.62 bits per heavy atom. The average Bonchev–Trinajstić information content (AvgIpc) is 3.16. The van der Waals surface area contributed by atoms with Crippen LogP contribution in [-0.2, 0) is 17.8 Å². The van der Waals surface area contributed by atoms with Crippen molar-refractivity contribution in [3.8, 4) is 0 Å². The minimum Gasteiger partial charge on any atom is -0.395 e. The number of benzene rings is 2. The standard InChI is InChI=1S/C22H24FN3O3/c23-20(22(28)25-29)13-16-5-7-17(8-6-16)15-26(11-12-27)10-9-18-14-24-21-4-2-1-3-19(18)21/h1-8,13-14,24,27,29H,9-12,15H2,(H,25,28). The normalized spacial score (nSPS) is 11.9. The number of carbonyl (C=O) groups excluding carboxylic acids is 1. The van der Waals surface area contributed by atoms with Crippen molar-refractivity contribution in [2.24, 2.45) is 0 Å². The fourth-order valence-corrected chi connectivity index (χ4v) is 3.27. The number of aliphatic hydroxyl groups excluding tert-OH is 1. The third kappa shape index (κ3) is 5.51. The molecule has 0 aliphatic rings. The van der Waals surface area contributed by atoms with E-state index in [2.05, 4.69) is 16.0 Å². The maximum absolute atomic E-state index is 13.5. The molecule has 0 fully saturated rings. The number of rotatable bonds is 9. The molecule has 0 saturated heterocycles. The van der Waals surface area contributed by atoms with Gasteiger partial charge in [0.25, 0.3) is 0 Å². The lowest BCUT2D eigenvalue weighted by atomic mass is 10.1. The predicted octanol–water partition coefficient (Wildman–Crippen LogP) is 3.02. The molecule has 3 rings (SSSR count). The Balaban J connectivity index is 1.63. The van der Waals surface area contributed by atoms with Crippen LogP contribution in [0.15, 0.2) is 60.6 Å². The Labute approximate surface area is 168 Å². The molecule has 152 valence electrons. The number of fused-ring (bicyclic) bond motifs is 1. The number of nitrogens with zero attached hydrogens (tertiary/aromatic N) is 1. The lowest BCUT2D eigenvalue weighted by molar-refractivity contribution is -0.126. The summed E-state index contributed by atoms with van der Waals surface area (Å²) in [6, 6.07) is 15.3. The van der Waals surface area contributed by atoms with Crippen molar-refractivity contribution in [2.45, 2.75) is 13.0 Å². The summed E-state index contributed by atoms with van der Waals surface area (Å²) in [7, 11) is 0.